The molecule has 2 aromatic rings. The first-order chi connectivity index (χ1) is 11.9. The lowest BCUT2D eigenvalue weighted by atomic mass is 9.76. The molecule has 0 aliphatic heterocycles. The monoisotopic (exact) mass is 322 g/mol. The van der Waals surface area contributed by atoms with Gasteiger partial charge in [0, 0.05) is 11.1 Å². The Morgan fingerprint density at radius 1 is 0.708 bits per heavy atom. The number of carbonyl (C=O) groups is 1. The Kier molecular flexibility index (Phi) is 8.18. The fraction of sp³-hybridized carbons (Fsp3) is 0.348. The number of allylic oxidation sites excluding steroid dienone is 1. The summed E-state index contributed by atoms with van der Waals surface area (Å²) in [6.45, 7) is 12.0. The van der Waals surface area contributed by atoms with E-state index in [1.165, 1.54) is 16.7 Å². The maximum atomic E-state index is 12.5. The topological polar surface area (TPSA) is 17.1 Å². The van der Waals surface area contributed by atoms with Crippen LogP contribution in [0.25, 0.3) is 5.57 Å². The molecule has 1 heteroatoms. The third-order valence-corrected chi connectivity index (χ3v) is 3.89. The Balaban J connectivity index is 0.000000436. The number of hydrogen-bond acceptors (Lipinski definition) is 1. The van der Waals surface area contributed by atoms with E-state index in [1.807, 2.05) is 71.9 Å². The lowest BCUT2D eigenvalue weighted by molar-refractivity contribution is 0.103. The van der Waals surface area contributed by atoms with E-state index in [2.05, 4.69) is 18.2 Å². The van der Waals surface area contributed by atoms with Crippen molar-refractivity contribution >= 4 is 11.4 Å². The SMILES string of the molecule is CC.CC.CC.O=C1c2ccccc2C2=CCCc3cccc1c32. The molecule has 0 bridgehead atoms. The minimum Gasteiger partial charge on any atom is -0.289 e. The van der Waals surface area contributed by atoms with E-state index in [1.54, 1.807) is 0 Å². The van der Waals surface area contributed by atoms with E-state index in [0.717, 1.165) is 29.5 Å². The summed E-state index contributed by atoms with van der Waals surface area (Å²) in [4.78, 5) is 12.5. The summed E-state index contributed by atoms with van der Waals surface area (Å²) >= 11 is 0. The van der Waals surface area contributed by atoms with Gasteiger partial charge in [0.25, 0.3) is 0 Å². The van der Waals surface area contributed by atoms with E-state index in [9.17, 15) is 4.79 Å². The summed E-state index contributed by atoms with van der Waals surface area (Å²) in [5.74, 6) is 0.168. The second-order valence-corrected chi connectivity index (χ2v) is 4.87. The lowest BCUT2D eigenvalue weighted by Crippen LogP contribution is -2.17. The molecule has 4 rings (SSSR count). The molecule has 0 N–H and O–H groups in total. The molecule has 0 radical (unpaired) electrons. The second kappa shape index (κ2) is 9.87. The molecule has 1 nitrogen and oxygen atoms in total. The van der Waals surface area contributed by atoms with Gasteiger partial charge in [-0.15, -0.1) is 0 Å². The molecule has 0 unspecified atom stereocenters. The zero-order chi connectivity index (χ0) is 18.1. The highest BCUT2D eigenvalue weighted by Crippen LogP contribution is 2.40. The van der Waals surface area contributed by atoms with Crippen LogP contribution in [0, 0.1) is 0 Å². The highest BCUT2D eigenvalue weighted by Gasteiger charge is 2.29. The summed E-state index contributed by atoms with van der Waals surface area (Å²) < 4.78 is 0. The normalized spacial score (nSPS) is 12.6. The van der Waals surface area contributed by atoms with Crippen LogP contribution >= 0.6 is 0 Å². The van der Waals surface area contributed by atoms with Gasteiger partial charge in [0.15, 0.2) is 5.78 Å². The molecular weight excluding hydrogens is 292 g/mol. The van der Waals surface area contributed by atoms with Crippen molar-refractivity contribution in [2.75, 3.05) is 0 Å². The quantitative estimate of drug-likeness (QED) is 0.451. The first kappa shape index (κ1) is 19.9. The van der Waals surface area contributed by atoms with Gasteiger partial charge >= 0.3 is 0 Å². The van der Waals surface area contributed by atoms with Crippen LogP contribution in [0.4, 0.5) is 0 Å². The summed E-state index contributed by atoms with van der Waals surface area (Å²) in [5.41, 5.74) is 6.55. The van der Waals surface area contributed by atoms with E-state index >= 15 is 0 Å². The molecule has 2 aliphatic rings. The van der Waals surface area contributed by atoms with Crippen LogP contribution in [-0.4, -0.2) is 5.78 Å². The molecule has 0 saturated heterocycles. The Hall–Kier alpha value is -2.15. The van der Waals surface area contributed by atoms with E-state index in [0.29, 0.717) is 0 Å². The molecule has 2 aliphatic carbocycles. The average Bonchev–Trinajstić information content (AvgIpc) is 2.70. The number of carbonyl (C=O) groups excluding carboxylic acids is 1. The maximum absolute atomic E-state index is 12.5. The highest BCUT2D eigenvalue weighted by molar-refractivity contribution is 6.19. The largest absolute Gasteiger partial charge is 0.289 e. The van der Waals surface area contributed by atoms with Crippen LogP contribution in [-0.2, 0) is 6.42 Å². The van der Waals surface area contributed by atoms with Crippen molar-refractivity contribution < 1.29 is 4.79 Å². The van der Waals surface area contributed by atoms with E-state index in [-0.39, 0.29) is 5.78 Å². The second-order valence-electron chi connectivity index (χ2n) is 4.87. The van der Waals surface area contributed by atoms with Gasteiger partial charge in [-0.3, -0.25) is 4.79 Å². The fourth-order valence-electron chi connectivity index (χ4n) is 3.10. The fourth-order valence-corrected chi connectivity index (χ4v) is 3.10. The molecule has 0 amide bonds. The lowest BCUT2D eigenvalue weighted by Gasteiger charge is -2.26. The summed E-state index contributed by atoms with van der Waals surface area (Å²) in [6.07, 6.45) is 4.38. The number of aryl methyl sites for hydroxylation is 1. The maximum Gasteiger partial charge on any atom is 0.194 e. The van der Waals surface area contributed by atoms with Crippen molar-refractivity contribution in [3.63, 3.8) is 0 Å². The molecule has 0 spiro atoms. The van der Waals surface area contributed by atoms with Crippen LogP contribution in [0.2, 0.25) is 0 Å². The van der Waals surface area contributed by atoms with Gasteiger partial charge in [0.05, 0.1) is 0 Å². The van der Waals surface area contributed by atoms with E-state index in [4.69, 9.17) is 0 Å². The van der Waals surface area contributed by atoms with Gasteiger partial charge in [0.1, 0.15) is 0 Å². The minimum atomic E-state index is 0.168. The number of ketones is 1. The number of hydrogen-bond donors (Lipinski definition) is 0. The number of benzene rings is 2. The van der Waals surface area contributed by atoms with Crippen LogP contribution in [0.15, 0.2) is 48.5 Å². The predicted octanol–water partition coefficient (Wildman–Crippen LogP) is 6.69. The van der Waals surface area contributed by atoms with Crippen molar-refractivity contribution in [1.82, 2.24) is 0 Å². The Labute approximate surface area is 147 Å². The molecule has 0 heterocycles. The van der Waals surface area contributed by atoms with Gasteiger partial charge in [-0.1, -0.05) is 90.1 Å². The van der Waals surface area contributed by atoms with Gasteiger partial charge < -0.3 is 0 Å². The molecule has 0 aromatic heterocycles. The van der Waals surface area contributed by atoms with Crippen molar-refractivity contribution in [2.24, 2.45) is 0 Å². The van der Waals surface area contributed by atoms with Gasteiger partial charge in [-0.05, 0) is 35.1 Å². The molecule has 0 atom stereocenters. The van der Waals surface area contributed by atoms with Crippen LogP contribution in [0.3, 0.4) is 0 Å². The average molecular weight is 322 g/mol. The smallest absolute Gasteiger partial charge is 0.194 e. The predicted molar refractivity (Wildman–Crippen MR) is 106 cm³/mol. The molecular formula is C23H30O. The Morgan fingerprint density at radius 3 is 1.96 bits per heavy atom. The zero-order valence-corrected chi connectivity index (χ0v) is 15.9. The molecule has 2 aromatic carbocycles. The molecule has 0 saturated carbocycles. The van der Waals surface area contributed by atoms with Gasteiger partial charge in [0.2, 0.25) is 0 Å². The summed E-state index contributed by atoms with van der Waals surface area (Å²) in [7, 11) is 0. The molecule has 0 fully saturated rings. The standard InChI is InChI=1S/C17H12O.3C2H6/c18-17-14-8-2-1-7-12(14)13-9-3-5-11-6-4-10-15(17)16(11)13;3*1-2/h1-2,4,6-10H,3,5H2;3*1-2H3. The first-order valence-electron chi connectivity index (χ1n) is 9.33. The third kappa shape index (κ3) is 3.51. The van der Waals surface area contributed by atoms with Crippen LogP contribution < -0.4 is 0 Å². The number of fused-ring (bicyclic) bond motifs is 2. The molecule has 24 heavy (non-hydrogen) atoms. The van der Waals surface area contributed by atoms with Gasteiger partial charge in [-0.25, -0.2) is 0 Å². The minimum absolute atomic E-state index is 0.168. The first-order valence-corrected chi connectivity index (χ1v) is 9.33. The van der Waals surface area contributed by atoms with Crippen LogP contribution in [0.1, 0.15) is 80.6 Å². The molecule has 128 valence electrons. The highest BCUT2D eigenvalue weighted by atomic mass is 16.1. The van der Waals surface area contributed by atoms with Crippen molar-refractivity contribution in [3.8, 4) is 0 Å². The van der Waals surface area contributed by atoms with Crippen LogP contribution in [0.5, 0.6) is 0 Å². The van der Waals surface area contributed by atoms with Crippen molar-refractivity contribution in [3.05, 3.63) is 76.4 Å². The van der Waals surface area contributed by atoms with E-state index < -0.39 is 0 Å². The third-order valence-electron chi connectivity index (χ3n) is 3.89. The summed E-state index contributed by atoms with van der Waals surface area (Å²) in [5, 5.41) is 0. The Morgan fingerprint density at radius 2 is 1.29 bits per heavy atom. The number of rotatable bonds is 0. The van der Waals surface area contributed by atoms with Crippen molar-refractivity contribution in [2.45, 2.75) is 54.4 Å². The summed E-state index contributed by atoms with van der Waals surface area (Å²) in [6, 6.07) is 14.0. The van der Waals surface area contributed by atoms with Gasteiger partial charge in [-0.2, -0.15) is 0 Å². The Bertz CT molecular complexity index is 708. The zero-order valence-electron chi connectivity index (χ0n) is 15.9. The van der Waals surface area contributed by atoms with Crippen molar-refractivity contribution in [1.29, 1.82) is 0 Å².